The second-order valence-corrected chi connectivity index (χ2v) is 7.97. The normalized spacial score (nSPS) is 12.0. The molecule has 0 radical (unpaired) electrons. The number of carbonyl (C=O) groups excluding carboxylic acids is 1. The zero-order valence-corrected chi connectivity index (χ0v) is 17.5. The van der Waals surface area contributed by atoms with Gasteiger partial charge in [-0.2, -0.15) is 0 Å². The van der Waals surface area contributed by atoms with Crippen LogP contribution in [0.25, 0.3) is 11.4 Å². The molecule has 146 valence electrons. The lowest BCUT2D eigenvalue weighted by Crippen LogP contribution is -2.23. The van der Waals surface area contributed by atoms with Gasteiger partial charge in [-0.15, -0.1) is 16.8 Å². The fraction of sp³-hybridized carbons (Fsp3) is 0.250. The van der Waals surface area contributed by atoms with Crippen molar-refractivity contribution >= 4 is 35.0 Å². The van der Waals surface area contributed by atoms with E-state index in [1.807, 2.05) is 43.5 Å². The summed E-state index contributed by atoms with van der Waals surface area (Å²) in [5.74, 6) is 1.31. The summed E-state index contributed by atoms with van der Waals surface area (Å²) in [7, 11) is 0. The van der Waals surface area contributed by atoms with Crippen molar-refractivity contribution in [1.82, 2.24) is 14.8 Å². The molecule has 0 aliphatic rings. The minimum Gasteiger partial charge on any atom is -0.469 e. The van der Waals surface area contributed by atoms with Gasteiger partial charge in [0.15, 0.2) is 11.0 Å². The predicted octanol–water partition coefficient (Wildman–Crippen LogP) is 5.11. The fourth-order valence-electron chi connectivity index (χ4n) is 2.67. The molecule has 0 aliphatic heterocycles. The van der Waals surface area contributed by atoms with Crippen molar-refractivity contribution in [3.63, 3.8) is 0 Å². The number of nitrogens with one attached hydrogen (secondary N) is 1. The van der Waals surface area contributed by atoms with Crippen molar-refractivity contribution in [3.05, 3.63) is 59.5 Å². The smallest absolute Gasteiger partial charge is 0.237 e. The number of benzene rings is 1. The van der Waals surface area contributed by atoms with E-state index < -0.39 is 0 Å². The van der Waals surface area contributed by atoms with Gasteiger partial charge in [-0.25, -0.2) is 0 Å². The van der Waals surface area contributed by atoms with E-state index in [-0.39, 0.29) is 11.2 Å². The Morgan fingerprint density at radius 2 is 2.18 bits per heavy atom. The highest BCUT2D eigenvalue weighted by Gasteiger charge is 2.22. The van der Waals surface area contributed by atoms with E-state index in [1.54, 1.807) is 18.4 Å². The highest BCUT2D eigenvalue weighted by molar-refractivity contribution is 8.00. The Hall–Kier alpha value is -2.51. The van der Waals surface area contributed by atoms with Gasteiger partial charge in [0.1, 0.15) is 5.76 Å². The zero-order chi connectivity index (χ0) is 20.3. The van der Waals surface area contributed by atoms with Gasteiger partial charge in [0.25, 0.3) is 0 Å². The number of hydrogen-bond donors (Lipinski definition) is 1. The van der Waals surface area contributed by atoms with Crippen LogP contribution < -0.4 is 5.32 Å². The summed E-state index contributed by atoms with van der Waals surface area (Å²) < 4.78 is 7.30. The molecule has 2 heterocycles. The highest BCUT2D eigenvalue weighted by atomic mass is 35.5. The first kappa shape index (κ1) is 20.2. The van der Waals surface area contributed by atoms with Crippen LogP contribution in [0.2, 0.25) is 5.02 Å². The van der Waals surface area contributed by atoms with Gasteiger partial charge in [-0.1, -0.05) is 35.5 Å². The summed E-state index contributed by atoms with van der Waals surface area (Å²) >= 11 is 7.47. The first-order chi connectivity index (χ1) is 13.4. The second kappa shape index (κ2) is 8.67. The van der Waals surface area contributed by atoms with Gasteiger partial charge in [0, 0.05) is 17.3 Å². The molecule has 0 fully saturated rings. The number of aromatic nitrogens is 3. The summed E-state index contributed by atoms with van der Waals surface area (Å²) in [5, 5.41) is 12.4. The van der Waals surface area contributed by atoms with Crippen molar-refractivity contribution in [2.45, 2.75) is 37.7 Å². The van der Waals surface area contributed by atoms with Gasteiger partial charge >= 0.3 is 0 Å². The molecule has 3 rings (SSSR count). The van der Waals surface area contributed by atoms with Crippen LogP contribution in [-0.4, -0.2) is 25.9 Å². The van der Waals surface area contributed by atoms with Crippen molar-refractivity contribution < 1.29 is 9.21 Å². The molecule has 3 aromatic rings. The van der Waals surface area contributed by atoms with Crippen LogP contribution >= 0.6 is 23.4 Å². The van der Waals surface area contributed by atoms with E-state index in [0.717, 1.165) is 16.9 Å². The third-order valence-corrected chi connectivity index (χ3v) is 5.80. The van der Waals surface area contributed by atoms with E-state index in [2.05, 4.69) is 22.1 Å². The van der Waals surface area contributed by atoms with Gasteiger partial charge in [0.05, 0.1) is 17.1 Å². The van der Waals surface area contributed by atoms with Crippen molar-refractivity contribution in [2.75, 3.05) is 5.32 Å². The summed E-state index contributed by atoms with van der Waals surface area (Å²) in [4.78, 5) is 12.7. The molecule has 28 heavy (non-hydrogen) atoms. The number of halogens is 1. The molecule has 1 N–H and O–H groups in total. The maximum atomic E-state index is 12.7. The van der Waals surface area contributed by atoms with E-state index in [1.165, 1.54) is 11.8 Å². The summed E-state index contributed by atoms with van der Waals surface area (Å²) in [6, 6.07) is 7.28. The highest BCUT2D eigenvalue weighted by Crippen LogP contribution is 2.30. The number of furan rings is 1. The number of hydrogen-bond acceptors (Lipinski definition) is 5. The molecular weight excluding hydrogens is 396 g/mol. The molecule has 0 saturated heterocycles. The molecule has 0 spiro atoms. The van der Waals surface area contributed by atoms with Crippen LogP contribution in [-0.2, 0) is 11.3 Å². The summed E-state index contributed by atoms with van der Waals surface area (Å²) in [5.41, 5.74) is 2.40. The molecule has 0 aliphatic carbocycles. The standard InChI is InChI=1S/C20H21ClN4O2S/c1-5-10-25-18(15-9-11-27-13(15)3)23-24-20(25)28-14(4)19(26)22-17-8-6-7-16(21)12(17)2/h5-9,11,14H,1,10H2,2-4H3,(H,22,26)/t14-/m0/s1. The quantitative estimate of drug-likeness (QED) is 0.427. The fourth-order valence-corrected chi connectivity index (χ4v) is 3.71. The van der Waals surface area contributed by atoms with Crippen LogP contribution in [0.3, 0.4) is 0 Å². The lowest BCUT2D eigenvalue weighted by molar-refractivity contribution is -0.115. The van der Waals surface area contributed by atoms with E-state index in [0.29, 0.717) is 28.2 Å². The molecule has 0 unspecified atom stereocenters. The van der Waals surface area contributed by atoms with Gasteiger partial charge in [-0.05, 0) is 44.5 Å². The Morgan fingerprint density at radius 3 is 2.86 bits per heavy atom. The maximum Gasteiger partial charge on any atom is 0.237 e. The topological polar surface area (TPSA) is 73.0 Å². The Bertz CT molecular complexity index is 1010. The lowest BCUT2D eigenvalue weighted by Gasteiger charge is -2.14. The van der Waals surface area contributed by atoms with Crippen LogP contribution in [0.1, 0.15) is 18.2 Å². The van der Waals surface area contributed by atoms with Crippen LogP contribution in [0.4, 0.5) is 5.69 Å². The number of nitrogens with zero attached hydrogens (tertiary/aromatic N) is 3. The van der Waals surface area contributed by atoms with Gasteiger partial charge in [-0.3, -0.25) is 9.36 Å². The summed E-state index contributed by atoms with van der Waals surface area (Å²) in [6.45, 7) is 9.91. The average molecular weight is 417 g/mol. The van der Waals surface area contributed by atoms with Crippen molar-refractivity contribution in [1.29, 1.82) is 0 Å². The van der Waals surface area contributed by atoms with Crippen molar-refractivity contribution in [3.8, 4) is 11.4 Å². The van der Waals surface area contributed by atoms with E-state index >= 15 is 0 Å². The van der Waals surface area contributed by atoms with E-state index in [4.69, 9.17) is 16.0 Å². The Kier molecular flexibility index (Phi) is 6.26. The number of anilines is 1. The molecule has 1 aromatic carbocycles. The molecule has 6 nitrogen and oxygen atoms in total. The number of rotatable bonds is 7. The van der Waals surface area contributed by atoms with Crippen LogP contribution in [0.15, 0.2) is 52.8 Å². The molecule has 1 amide bonds. The molecule has 2 aromatic heterocycles. The largest absolute Gasteiger partial charge is 0.469 e. The monoisotopic (exact) mass is 416 g/mol. The number of aryl methyl sites for hydroxylation is 1. The molecule has 0 saturated carbocycles. The Balaban J connectivity index is 1.80. The average Bonchev–Trinajstić information content (AvgIpc) is 3.25. The number of thioether (sulfide) groups is 1. The SMILES string of the molecule is C=CCn1c(S[C@@H](C)C(=O)Nc2cccc(Cl)c2C)nnc1-c1ccoc1C. The summed E-state index contributed by atoms with van der Waals surface area (Å²) in [6.07, 6.45) is 3.39. The zero-order valence-electron chi connectivity index (χ0n) is 15.9. The second-order valence-electron chi connectivity index (χ2n) is 6.26. The van der Waals surface area contributed by atoms with Crippen LogP contribution in [0, 0.1) is 13.8 Å². The molecule has 1 atom stereocenters. The Morgan fingerprint density at radius 1 is 1.39 bits per heavy atom. The molecule has 8 heteroatoms. The first-order valence-corrected chi connectivity index (χ1v) is 9.99. The van der Waals surface area contributed by atoms with Gasteiger partial charge < -0.3 is 9.73 Å². The Labute approximate surface area is 173 Å². The third kappa shape index (κ3) is 4.15. The number of amides is 1. The van der Waals surface area contributed by atoms with Gasteiger partial charge in [0.2, 0.25) is 5.91 Å². The number of allylic oxidation sites excluding steroid dienone is 1. The lowest BCUT2D eigenvalue weighted by atomic mass is 10.2. The van der Waals surface area contributed by atoms with E-state index in [9.17, 15) is 4.79 Å². The predicted molar refractivity (Wildman–Crippen MR) is 113 cm³/mol. The first-order valence-electron chi connectivity index (χ1n) is 8.73. The number of carbonyl (C=O) groups is 1. The molecular formula is C20H21ClN4O2S. The third-order valence-electron chi connectivity index (χ3n) is 4.31. The van der Waals surface area contributed by atoms with Crippen molar-refractivity contribution in [2.24, 2.45) is 0 Å². The van der Waals surface area contributed by atoms with Crippen LogP contribution in [0.5, 0.6) is 0 Å². The minimum absolute atomic E-state index is 0.135. The maximum absolute atomic E-state index is 12.7. The molecule has 0 bridgehead atoms. The minimum atomic E-state index is -0.385.